The molecule has 0 fully saturated rings. The number of ether oxygens (including phenoxy) is 2. The molecule has 0 atom stereocenters. The average Bonchev–Trinajstić information content (AvgIpc) is 3.18. The van der Waals surface area contributed by atoms with Crippen molar-refractivity contribution in [3.05, 3.63) is 58.1 Å². The maximum absolute atomic E-state index is 13.3. The van der Waals surface area contributed by atoms with Crippen molar-refractivity contribution in [1.82, 2.24) is 0 Å². The zero-order chi connectivity index (χ0) is 20.4. The highest BCUT2D eigenvalue weighted by Gasteiger charge is 2.22. The molecule has 0 amide bonds. The number of benzene rings is 2. The Morgan fingerprint density at radius 3 is 2.76 bits per heavy atom. The number of fused-ring (bicyclic) bond motifs is 2. The van der Waals surface area contributed by atoms with Gasteiger partial charge in [-0.25, -0.2) is 0 Å². The summed E-state index contributed by atoms with van der Waals surface area (Å²) in [5, 5.41) is 3.17. The number of methoxy groups -OCH3 is 1. The van der Waals surface area contributed by atoms with Crippen LogP contribution < -0.4 is 14.9 Å². The fourth-order valence-electron chi connectivity index (χ4n) is 3.19. The zero-order valence-electron chi connectivity index (χ0n) is 16.2. The fraction of sp³-hybridized carbons (Fsp3) is 0.217. The lowest BCUT2D eigenvalue weighted by atomic mass is 10.1. The second-order valence-corrected chi connectivity index (χ2v) is 7.59. The minimum Gasteiger partial charge on any atom is -0.497 e. The molecule has 0 N–H and O–H groups in total. The summed E-state index contributed by atoms with van der Waals surface area (Å²) in [4.78, 5) is 25.6. The van der Waals surface area contributed by atoms with Gasteiger partial charge in [0.15, 0.2) is 5.76 Å². The lowest BCUT2D eigenvalue weighted by molar-refractivity contribution is -0.134. The second kappa shape index (κ2) is 8.09. The molecular weight excluding hydrogens is 388 g/mol. The normalized spacial score (nSPS) is 11.1. The molecule has 5 nitrogen and oxygen atoms in total. The summed E-state index contributed by atoms with van der Waals surface area (Å²) < 4.78 is 17.9. The first-order chi connectivity index (χ1) is 14.1. The van der Waals surface area contributed by atoms with Crippen molar-refractivity contribution in [2.45, 2.75) is 26.2 Å². The Labute approximate surface area is 171 Å². The van der Waals surface area contributed by atoms with E-state index in [1.54, 1.807) is 29.5 Å². The van der Waals surface area contributed by atoms with Gasteiger partial charge < -0.3 is 13.9 Å². The Kier molecular flexibility index (Phi) is 5.36. The van der Waals surface area contributed by atoms with E-state index in [0.717, 1.165) is 22.1 Å². The summed E-state index contributed by atoms with van der Waals surface area (Å²) in [5.41, 5.74) is 0.758. The predicted octanol–water partition coefficient (Wildman–Crippen LogP) is 5.78. The third-order valence-electron chi connectivity index (χ3n) is 4.73. The number of carbonyl (C=O) groups is 1. The number of esters is 1. The first-order valence-electron chi connectivity index (χ1n) is 9.44. The molecule has 0 aliphatic rings. The van der Waals surface area contributed by atoms with Gasteiger partial charge in [0.1, 0.15) is 11.3 Å². The van der Waals surface area contributed by atoms with Crippen molar-refractivity contribution in [1.29, 1.82) is 0 Å². The smallest absolute Gasteiger partial charge is 0.311 e. The summed E-state index contributed by atoms with van der Waals surface area (Å²) in [6.07, 6.45) is 1.80. The number of carbonyl (C=O) groups excluding carboxylic acids is 1. The minimum absolute atomic E-state index is 0.0737. The Bertz CT molecular complexity index is 1250. The van der Waals surface area contributed by atoms with E-state index in [1.165, 1.54) is 7.11 Å². The van der Waals surface area contributed by atoms with E-state index in [9.17, 15) is 9.59 Å². The van der Waals surface area contributed by atoms with E-state index >= 15 is 0 Å². The molecule has 2 heterocycles. The highest BCUT2D eigenvalue weighted by atomic mass is 32.1. The Balaban J connectivity index is 1.95. The quantitative estimate of drug-likeness (QED) is 0.378. The van der Waals surface area contributed by atoms with Gasteiger partial charge in [0.25, 0.3) is 0 Å². The molecule has 0 radical (unpaired) electrons. The maximum atomic E-state index is 13.3. The van der Waals surface area contributed by atoms with Gasteiger partial charge in [-0.15, -0.1) is 11.3 Å². The van der Waals surface area contributed by atoms with Crippen LogP contribution in [-0.4, -0.2) is 13.1 Å². The number of unbranched alkanes of at least 4 members (excludes halogenated alkanes) is 1. The van der Waals surface area contributed by atoms with Gasteiger partial charge in [0.05, 0.1) is 12.5 Å². The first kappa shape index (κ1) is 19.2. The van der Waals surface area contributed by atoms with Crippen LogP contribution in [-0.2, 0) is 4.79 Å². The largest absolute Gasteiger partial charge is 0.497 e. The van der Waals surface area contributed by atoms with E-state index in [2.05, 4.69) is 0 Å². The molecule has 148 valence electrons. The van der Waals surface area contributed by atoms with Crippen LogP contribution in [0.4, 0.5) is 0 Å². The number of rotatable bonds is 6. The SMILES string of the molecule is CCCCC(=O)Oc1c(-c2csc3ccccc23)oc2ccc(OC)cc2c1=O. The standard InChI is InChI=1S/C23H20O5S/c1-3-4-9-20(24)28-23-21(25)16-12-14(26-2)10-11-18(16)27-22(23)17-13-29-19-8-6-5-7-15(17)19/h5-8,10-13H,3-4,9H2,1-2H3. The van der Waals surface area contributed by atoms with Crippen LogP contribution >= 0.6 is 11.3 Å². The molecule has 0 aliphatic heterocycles. The van der Waals surface area contributed by atoms with Crippen LogP contribution in [0, 0.1) is 0 Å². The van der Waals surface area contributed by atoms with E-state index in [1.807, 2.05) is 36.6 Å². The second-order valence-electron chi connectivity index (χ2n) is 6.67. The van der Waals surface area contributed by atoms with E-state index in [0.29, 0.717) is 23.1 Å². The van der Waals surface area contributed by atoms with Gasteiger partial charge in [-0.2, -0.15) is 0 Å². The van der Waals surface area contributed by atoms with Crippen molar-refractivity contribution in [3.63, 3.8) is 0 Å². The highest BCUT2D eigenvalue weighted by molar-refractivity contribution is 7.17. The van der Waals surface area contributed by atoms with E-state index in [-0.39, 0.29) is 23.4 Å². The third kappa shape index (κ3) is 3.63. The van der Waals surface area contributed by atoms with Gasteiger partial charge in [-0.05, 0) is 30.7 Å². The molecule has 0 saturated heterocycles. The third-order valence-corrected chi connectivity index (χ3v) is 5.70. The molecule has 2 aromatic carbocycles. The molecule has 4 aromatic rings. The molecule has 0 saturated carbocycles. The lowest BCUT2D eigenvalue weighted by Crippen LogP contribution is -2.16. The lowest BCUT2D eigenvalue weighted by Gasteiger charge is -2.11. The number of hydrogen-bond donors (Lipinski definition) is 0. The molecule has 4 rings (SSSR count). The monoisotopic (exact) mass is 408 g/mol. The average molecular weight is 408 g/mol. The van der Waals surface area contributed by atoms with Crippen LogP contribution in [0.1, 0.15) is 26.2 Å². The topological polar surface area (TPSA) is 65.7 Å². The number of hydrogen-bond acceptors (Lipinski definition) is 6. The van der Waals surface area contributed by atoms with Gasteiger partial charge >= 0.3 is 5.97 Å². The van der Waals surface area contributed by atoms with Gasteiger partial charge in [-0.3, -0.25) is 9.59 Å². The molecular formula is C23H20O5S. The van der Waals surface area contributed by atoms with Crippen molar-refractivity contribution in [2.24, 2.45) is 0 Å². The zero-order valence-corrected chi connectivity index (χ0v) is 17.0. The van der Waals surface area contributed by atoms with Gasteiger partial charge in [0.2, 0.25) is 11.2 Å². The van der Waals surface area contributed by atoms with Crippen LogP contribution in [0.25, 0.3) is 32.4 Å². The van der Waals surface area contributed by atoms with Gasteiger partial charge in [0, 0.05) is 27.5 Å². The van der Waals surface area contributed by atoms with Crippen LogP contribution in [0.5, 0.6) is 11.5 Å². The van der Waals surface area contributed by atoms with Crippen molar-refractivity contribution in [3.8, 4) is 22.8 Å². The number of thiophene rings is 1. The Morgan fingerprint density at radius 1 is 1.14 bits per heavy atom. The summed E-state index contributed by atoms with van der Waals surface area (Å²) in [5.74, 6) is 0.286. The summed E-state index contributed by atoms with van der Waals surface area (Å²) in [6.45, 7) is 1.99. The van der Waals surface area contributed by atoms with Gasteiger partial charge in [-0.1, -0.05) is 31.5 Å². The van der Waals surface area contributed by atoms with E-state index in [4.69, 9.17) is 13.9 Å². The summed E-state index contributed by atoms with van der Waals surface area (Å²) in [7, 11) is 1.53. The van der Waals surface area contributed by atoms with Crippen LogP contribution in [0.2, 0.25) is 0 Å². The Hall–Kier alpha value is -3.12. The highest BCUT2D eigenvalue weighted by Crippen LogP contribution is 2.39. The molecule has 0 bridgehead atoms. The molecule has 0 unspecified atom stereocenters. The molecule has 29 heavy (non-hydrogen) atoms. The molecule has 0 spiro atoms. The molecule has 2 aromatic heterocycles. The molecule has 6 heteroatoms. The minimum atomic E-state index is -0.442. The van der Waals surface area contributed by atoms with Crippen molar-refractivity contribution in [2.75, 3.05) is 7.11 Å². The Morgan fingerprint density at radius 2 is 1.97 bits per heavy atom. The maximum Gasteiger partial charge on any atom is 0.311 e. The van der Waals surface area contributed by atoms with Crippen molar-refractivity contribution < 1.29 is 18.7 Å². The fourth-order valence-corrected chi connectivity index (χ4v) is 4.13. The summed E-state index contributed by atoms with van der Waals surface area (Å²) in [6, 6.07) is 12.9. The van der Waals surface area contributed by atoms with Crippen LogP contribution in [0.3, 0.4) is 0 Å². The molecule has 0 aliphatic carbocycles. The predicted molar refractivity (Wildman–Crippen MR) is 115 cm³/mol. The van der Waals surface area contributed by atoms with E-state index < -0.39 is 5.97 Å². The van der Waals surface area contributed by atoms with Crippen LogP contribution in [0.15, 0.2) is 57.1 Å². The van der Waals surface area contributed by atoms with Crippen molar-refractivity contribution >= 4 is 38.4 Å². The first-order valence-corrected chi connectivity index (χ1v) is 10.3. The summed E-state index contributed by atoms with van der Waals surface area (Å²) >= 11 is 1.55.